The summed E-state index contributed by atoms with van der Waals surface area (Å²) in [7, 11) is 0. The van der Waals surface area contributed by atoms with E-state index in [1.807, 2.05) is 4.90 Å². The minimum atomic E-state index is -0.209. The number of nitrogens with zero attached hydrogens (tertiary/aromatic N) is 1. The van der Waals surface area contributed by atoms with Crippen molar-refractivity contribution < 1.29 is 9.59 Å². The van der Waals surface area contributed by atoms with Gasteiger partial charge in [-0.25, -0.2) is 0 Å². The monoisotopic (exact) mass is 222 g/mol. The molecule has 0 radical (unpaired) electrons. The Morgan fingerprint density at radius 1 is 1.38 bits per heavy atom. The van der Waals surface area contributed by atoms with Crippen molar-refractivity contribution in [3.8, 4) is 0 Å². The van der Waals surface area contributed by atoms with E-state index in [0.29, 0.717) is 17.9 Å². The number of carbonyl (C=O) groups is 2. The van der Waals surface area contributed by atoms with E-state index < -0.39 is 0 Å². The molecule has 0 aromatic heterocycles. The first kappa shape index (κ1) is 10.1. The summed E-state index contributed by atoms with van der Waals surface area (Å²) >= 11 is 0. The average molecular weight is 222 g/mol. The second kappa shape index (κ2) is 3.47. The molecular weight excluding hydrogens is 204 g/mol. The lowest BCUT2D eigenvalue weighted by Gasteiger charge is -2.33. The summed E-state index contributed by atoms with van der Waals surface area (Å²) in [6.45, 7) is 2.43. The molecule has 2 saturated carbocycles. The summed E-state index contributed by atoms with van der Waals surface area (Å²) in [4.78, 5) is 25.6. The lowest BCUT2D eigenvalue weighted by Crippen LogP contribution is -2.59. The molecule has 3 aliphatic rings. The lowest BCUT2D eigenvalue weighted by molar-refractivity contribution is -0.145. The van der Waals surface area contributed by atoms with E-state index >= 15 is 0 Å². The van der Waals surface area contributed by atoms with Crippen LogP contribution in [0, 0.1) is 11.8 Å². The van der Waals surface area contributed by atoms with Crippen molar-refractivity contribution in [1.29, 1.82) is 0 Å². The second-order valence-electron chi connectivity index (χ2n) is 5.32. The maximum absolute atomic E-state index is 12.2. The van der Waals surface area contributed by atoms with Crippen LogP contribution in [0.25, 0.3) is 0 Å². The van der Waals surface area contributed by atoms with E-state index in [1.165, 1.54) is 0 Å². The predicted molar refractivity (Wildman–Crippen MR) is 58.6 cm³/mol. The molecule has 2 aliphatic carbocycles. The van der Waals surface area contributed by atoms with Crippen LogP contribution in [0.1, 0.15) is 32.6 Å². The topological polar surface area (TPSA) is 49.4 Å². The minimum absolute atomic E-state index is 0.0262. The Kier molecular flexibility index (Phi) is 2.19. The number of hydrogen-bond acceptors (Lipinski definition) is 2. The highest BCUT2D eigenvalue weighted by molar-refractivity contribution is 5.95. The van der Waals surface area contributed by atoms with E-state index in [4.69, 9.17) is 0 Å². The van der Waals surface area contributed by atoms with Crippen molar-refractivity contribution in [2.75, 3.05) is 6.54 Å². The van der Waals surface area contributed by atoms with Gasteiger partial charge in [0.15, 0.2) is 0 Å². The Bertz CT molecular complexity index is 338. The molecular formula is C12H18N2O2. The summed E-state index contributed by atoms with van der Waals surface area (Å²) in [5, 5.41) is 2.84. The Morgan fingerprint density at radius 2 is 2.12 bits per heavy atom. The number of nitrogens with one attached hydrogen (secondary N) is 1. The molecule has 3 rings (SSSR count). The average Bonchev–Trinajstić information content (AvgIpc) is 3.15. The van der Waals surface area contributed by atoms with Gasteiger partial charge in [-0.05, 0) is 31.1 Å². The van der Waals surface area contributed by atoms with Gasteiger partial charge < -0.3 is 10.2 Å². The summed E-state index contributed by atoms with van der Waals surface area (Å²) in [6.07, 6.45) is 4.38. The van der Waals surface area contributed by atoms with Gasteiger partial charge in [0.2, 0.25) is 11.8 Å². The van der Waals surface area contributed by atoms with Crippen LogP contribution < -0.4 is 5.32 Å². The molecule has 0 aromatic carbocycles. The maximum atomic E-state index is 12.2. The SMILES string of the molecule is CCC1CC1N1CC(=O)NC(C2CC2)C1=O. The zero-order chi connectivity index (χ0) is 11.3. The van der Waals surface area contributed by atoms with Gasteiger partial charge in [0.1, 0.15) is 6.04 Å². The minimum Gasteiger partial charge on any atom is -0.342 e. The van der Waals surface area contributed by atoms with Crippen molar-refractivity contribution in [2.24, 2.45) is 11.8 Å². The summed E-state index contributed by atoms with van der Waals surface area (Å²) in [6, 6.07) is 0.143. The second-order valence-corrected chi connectivity index (χ2v) is 5.32. The molecule has 3 unspecified atom stereocenters. The van der Waals surface area contributed by atoms with E-state index in [-0.39, 0.29) is 24.4 Å². The van der Waals surface area contributed by atoms with E-state index in [0.717, 1.165) is 25.7 Å². The highest BCUT2D eigenvalue weighted by Gasteiger charge is 2.49. The highest BCUT2D eigenvalue weighted by atomic mass is 16.2. The molecule has 16 heavy (non-hydrogen) atoms. The highest BCUT2D eigenvalue weighted by Crippen LogP contribution is 2.41. The van der Waals surface area contributed by atoms with Crippen LogP contribution in [0.2, 0.25) is 0 Å². The van der Waals surface area contributed by atoms with Crippen LogP contribution in [-0.4, -0.2) is 35.3 Å². The van der Waals surface area contributed by atoms with E-state index in [1.54, 1.807) is 0 Å². The fourth-order valence-electron chi connectivity index (χ4n) is 2.77. The van der Waals surface area contributed by atoms with Crippen molar-refractivity contribution in [3.05, 3.63) is 0 Å². The van der Waals surface area contributed by atoms with Crippen molar-refractivity contribution >= 4 is 11.8 Å². The standard InChI is InChI=1S/C12H18N2O2/c1-2-7-5-9(7)14-6-10(15)13-11(12(14)16)8-3-4-8/h7-9,11H,2-6H2,1H3,(H,13,15). The quantitative estimate of drug-likeness (QED) is 0.757. The Balaban J connectivity index is 1.72. The van der Waals surface area contributed by atoms with Crippen molar-refractivity contribution in [3.63, 3.8) is 0 Å². The summed E-state index contributed by atoms with van der Waals surface area (Å²) < 4.78 is 0. The Hall–Kier alpha value is -1.06. The van der Waals surface area contributed by atoms with Gasteiger partial charge in [-0.2, -0.15) is 0 Å². The number of carbonyl (C=O) groups excluding carboxylic acids is 2. The third kappa shape index (κ3) is 1.60. The first-order valence-electron chi connectivity index (χ1n) is 6.30. The van der Waals surface area contributed by atoms with Gasteiger partial charge in [-0.15, -0.1) is 0 Å². The summed E-state index contributed by atoms with van der Waals surface area (Å²) in [5.41, 5.74) is 0. The number of piperazine rings is 1. The summed E-state index contributed by atoms with van der Waals surface area (Å²) in [5.74, 6) is 1.24. The predicted octanol–water partition coefficient (Wildman–Crippen LogP) is 0.522. The van der Waals surface area contributed by atoms with Crippen LogP contribution in [-0.2, 0) is 9.59 Å². The smallest absolute Gasteiger partial charge is 0.246 e. The molecule has 2 amide bonds. The third-order valence-corrected chi connectivity index (χ3v) is 4.08. The van der Waals surface area contributed by atoms with Crippen LogP contribution in [0.15, 0.2) is 0 Å². The van der Waals surface area contributed by atoms with Gasteiger partial charge in [0.05, 0.1) is 6.54 Å². The zero-order valence-corrected chi connectivity index (χ0v) is 9.61. The maximum Gasteiger partial charge on any atom is 0.246 e. The lowest BCUT2D eigenvalue weighted by atomic mass is 10.1. The first-order valence-corrected chi connectivity index (χ1v) is 6.30. The Labute approximate surface area is 95.4 Å². The molecule has 4 heteroatoms. The molecule has 3 atom stereocenters. The molecule has 1 saturated heterocycles. The number of rotatable bonds is 3. The fraction of sp³-hybridized carbons (Fsp3) is 0.833. The normalized spacial score (nSPS) is 38.6. The molecule has 1 N–H and O–H groups in total. The molecule has 1 aliphatic heterocycles. The third-order valence-electron chi connectivity index (χ3n) is 4.08. The van der Waals surface area contributed by atoms with Gasteiger partial charge in [-0.3, -0.25) is 9.59 Å². The van der Waals surface area contributed by atoms with Gasteiger partial charge in [-0.1, -0.05) is 13.3 Å². The molecule has 3 fully saturated rings. The van der Waals surface area contributed by atoms with Crippen molar-refractivity contribution in [1.82, 2.24) is 10.2 Å². The molecule has 1 heterocycles. The zero-order valence-electron chi connectivity index (χ0n) is 9.61. The first-order chi connectivity index (χ1) is 7.70. The Morgan fingerprint density at radius 3 is 2.69 bits per heavy atom. The van der Waals surface area contributed by atoms with Crippen LogP contribution >= 0.6 is 0 Å². The van der Waals surface area contributed by atoms with Gasteiger partial charge in [0.25, 0.3) is 0 Å². The van der Waals surface area contributed by atoms with E-state index in [2.05, 4.69) is 12.2 Å². The molecule has 0 spiro atoms. The largest absolute Gasteiger partial charge is 0.342 e. The van der Waals surface area contributed by atoms with Gasteiger partial charge >= 0.3 is 0 Å². The number of hydrogen-bond donors (Lipinski definition) is 1. The molecule has 0 bridgehead atoms. The van der Waals surface area contributed by atoms with Crippen LogP contribution in [0.4, 0.5) is 0 Å². The molecule has 0 aromatic rings. The van der Waals surface area contributed by atoms with Crippen LogP contribution in [0.3, 0.4) is 0 Å². The molecule has 88 valence electrons. The fourth-order valence-corrected chi connectivity index (χ4v) is 2.77. The number of amides is 2. The van der Waals surface area contributed by atoms with Gasteiger partial charge in [0, 0.05) is 6.04 Å². The van der Waals surface area contributed by atoms with E-state index in [9.17, 15) is 9.59 Å². The van der Waals surface area contributed by atoms with Crippen LogP contribution in [0.5, 0.6) is 0 Å². The van der Waals surface area contributed by atoms with Crippen molar-refractivity contribution in [2.45, 2.75) is 44.7 Å². The molecule has 4 nitrogen and oxygen atoms in total.